The molecule has 0 saturated heterocycles. The summed E-state index contributed by atoms with van der Waals surface area (Å²) in [5.74, 6) is -2.51. The van der Waals surface area contributed by atoms with Gasteiger partial charge in [-0.15, -0.1) is 0 Å². The van der Waals surface area contributed by atoms with Crippen LogP contribution in [-0.2, 0) is 17.4 Å². The molecule has 0 bridgehead atoms. The number of nitriles is 1. The van der Waals surface area contributed by atoms with E-state index in [9.17, 15) is 26.3 Å². The molecule has 0 radical (unpaired) electrons. The summed E-state index contributed by atoms with van der Waals surface area (Å²) in [7, 11) is 0. The zero-order chi connectivity index (χ0) is 25.4. The molecule has 0 saturated carbocycles. The molecule has 13 heteroatoms. The number of hydrogen-bond acceptors (Lipinski definition) is 6. The van der Waals surface area contributed by atoms with Crippen molar-refractivity contribution in [3.63, 3.8) is 0 Å². The van der Waals surface area contributed by atoms with Crippen LogP contribution in [0.15, 0.2) is 54.7 Å². The van der Waals surface area contributed by atoms with Crippen molar-refractivity contribution in [3.05, 3.63) is 71.8 Å². The number of nitrogens with one attached hydrogen (secondary N) is 1. The van der Waals surface area contributed by atoms with Crippen LogP contribution in [0.3, 0.4) is 0 Å². The lowest BCUT2D eigenvalue weighted by atomic mass is 10.1. The van der Waals surface area contributed by atoms with Crippen molar-refractivity contribution in [2.24, 2.45) is 0 Å². The molecule has 178 valence electrons. The summed E-state index contributed by atoms with van der Waals surface area (Å²) >= 11 is 0. The summed E-state index contributed by atoms with van der Waals surface area (Å²) in [4.78, 5) is 21.2. The highest BCUT2D eigenvalue weighted by Crippen LogP contribution is 2.32. The number of nitrogens with zero attached hydrogens (tertiary/aromatic N) is 4. The summed E-state index contributed by atoms with van der Waals surface area (Å²) in [6.07, 6.45) is -7.21. The molecule has 1 aromatic carbocycles. The van der Waals surface area contributed by atoms with Crippen LogP contribution in [-0.4, -0.2) is 38.7 Å². The average Bonchev–Trinajstić information content (AvgIpc) is 2.79. The number of halogens is 6. The Labute approximate surface area is 188 Å². The first-order chi connectivity index (χ1) is 15.9. The molecule has 0 aliphatic rings. The van der Waals surface area contributed by atoms with E-state index in [1.807, 2.05) is 24.3 Å². The SMILES string of the molecule is N#Cc1nc(NCCc2ccccn2)cc(-c2cccc(C(F)(F)F)c2)n1.O=C(O)C(F)(F)F. The van der Waals surface area contributed by atoms with Crippen LogP contribution in [0, 0.1) is 11.3 Å². The van der Waals surface area contributed by atoms with Gasteiger partial charge in [0, 0.05) is 36.5 Å². The number of anilines is 1. The topological polar surface area (TPSA) is 112 Å². The van der Waals surface area contributed by atoms with Gasteiger partial charge in [-0.05, 0) is 24.3 Å². The molecule has 0 amide bonds. The molecule has 3 aromatic rings. The maximum Gasteiger partial charge on any atom is 0.490 e. The van der Waals surface area contributed by atoms with E-state index in [2.05, 4.69) is 20.3 Å². The first-order valence-electron chi connectivity index (χ1n) is 9.31. The van der Waals surface area contributed by atoms with Crippen LogP contribution in [0.5, 0.6) is 0 Å². The van der Waals surface area contributed by atoms with Crippen molar-refractivity contribution in [3.8, 4) is 17.3 Å². The number of aromatic nitrogens is 3. The van der Waals surface area contributed by atoms with Crippen molar-refractivity contribution < 1.29 is 36.2 Å². The van der Waals surface area contributed by atoms with E-state index < -0.39 is 23.9 Å². The van der Waals surface area contributed by atoms with Gasteiger partial charge in [-0.25, -0.2) is 14.8 Å². The van der Waals surface area contributed by atoms with E-state index in [1.54, 1.807) is 6.20 Å². The Balaban J connectivity index is 0.000000509. The molecule has 0 spiro atoms. The molecule has 34 heavy (non-hydrogen) atoms. The Morgan fingerprint density at radius 3 is 2.29 bits per heavy atom. The van der Waals surface area contributed by atoms with Crippen molar-refractivity contribution in [1.82, 2.24) is 15.0 Å². The second-order valence-electron chi connectivity index (χ2n) is 6.45. The lowest BCUT2D eigenvalue weighted by molar-refractivity contribution is -0.192. The fraction of sp³-hybridized carbons (Fsp3) is 0.190. The van der Waals surface area contributed by atoms with Gasteiger partial charge in [-0.2, -0.15) is 31.6 Å². The number of rotatable bonds is 5. The predicted molar refractivity (Wildman–Crippen MR) is 107 cm³/mol. The van der Waals surface area contributed by atoms with E-state index in [0.29, 0.717) is 18.8 Å². The van der Waals surface area contributed by atoms with Gasteiger partial charge in [0.1, 0.15) is 11.9 Å². The zero-order valence-electron chi connectivity index (χ0n) is 17.0. The Morgan fingerprint density at radius 1 is 1.03 bits per heavy atom. The maximum atomic E-state index is 12.9. The third-order valence-corrected chi connectivity index (χ3v) is 3.97. The molecular weight excluding hydrogens is 468 g/mol. The van der Waals surface area contributed by atoms with Crippen LogP contribution in [0.4, 0.5) is 32.2 Å². The smallest absolute Gasteiger partial charge is 0.475 e. The first-order valence-corrected chi connectivity index (χ1v) is 9.31. The minimum absolute atomic E-state index is 0.120. The van der Waals surface area contributed by atoms with Crippen LogP contribution in [0.2, 0.25) is 0 Å². The summed E-state index contributed by atoms with van der Waals surface area (Å²) in [5.41, 5.74) is 0.615. The summed E-state index contributed by atoms with van der Waals surface area (Å²) in [6.45, 7) is 0.501. The molecule has 2 aromatic heterocycles. The number of aliphatic carboxylic acids is 1. The monoisotopic (exact) mass is 483 g/mol. The van der Waals surface area contributed by atoms with Crippen molar-refractivity contribution in [1.29, 1.82) is 5.26 Å². The lowest BCUT2D eigenvalue weighted by Crippen LogP contribution is -2.21. The van der Waals surface area contributed by atoms with E-state index in [1.165, 1.54) is 18.2 Å². The molecule has 2 N–H and O–H groups in total. The molecular formula is C21H15F6N5O2. The second kappa shape index (κ2) is 11.1. The molecule has 0 aliphatic carbocycles. The minimum Gasteiger partial charge on any atom is -0.475 e. The van der Waals surface area contributed by atoms with Crippen molar-refractivity contribution in [2.45, 2.75) is 18.8 Å². The number of benzene rings is 1. The standard InChI is InChI=1S/C19H14F3N5.C2HF3O2/c20-19(21,22)14-5-3-4-13(10-14)16-11-17(27-18(12-23)26-16)25-9-7-15-6-1-2-8-24-15;3-2(4,5)1(6)7/h1-6,8,10-11H,7,9H2,(H,25,26,27);(H,6,7). The van der Waals surface area contributed by atoms with E-state index in [4.69, 9.17) is 15.2 Å². The van der Waals surface area contributed by atoms with Gasteiger partial charge in [0.2, 0.25) is 5.82 Å². The van der Waals surface area contributed by atoms with Gasteiger partial charge in [0.15, 0.2) is 0 Å². The number of alkyl halides is 6. The van der Waals surface area contributed by atoms with Crippen LogP contribution >= 0.6 is 0 Å². The second-order valence-corrected chi connectivity index (χ2v) is 6.45. The number of carbonyl (C=O) groups is 1. The predicted octanol–water partition coefficient (Wildman–Crippen LogP) is 4.72. The molecule has 2 heterocycles. The number of pyridine rings is 1. The highest BCUT2D eigenvalue weighted by Gasteiger charge is 2.38. The minimum atomic E-state index is -5.08. The van der Waals surface area contributed by atoms with E-state index in [-0.39, 0.29) is 17.1 Å². The molecule has 0 aliphatic heterocycles. The van der Waals surface area contributed by atoms with Gasteiger partial charge in [0.25, 0.3) is 0 Å². The average molecular weight is 483 g/mol. The first kappa shape index (κ1) is 26.0. The quantitative estimate of drug-likeness (QED) is 0.505. The number of hydrogen-bond donors (Lipinski definition) is 2. The third kappa shape index (κ3) is 8.05. The fourth-order valence-electron chi connectivity index (χ4n) is 2.46. The largest absolute Gasteiger partial charge is 0.490 e. The van der Waals surface area contributed by atoms with Crippen LogP contribution in [0.25, 0.3) is 11.3 Å². The molecule has 0 unspecified atom stereocenters. The highest BCUT2D eigenvalue weighted by atomic mass is 19.4. The molecule has 0 fully saturated rings. The van der Waals surface area contributed by atoms with E-state index in [0.717, 1.165) is 17.8 Å². The molecule has 3 rings (SSSR count). The third-order valence-electron chi connectivity index (χ3n) is 3.97. The lowest BCUT2D eigenvalue weighted by Gasteiger charge is -2.10. The Hall–Kier alpha value is -4.21. The summed E-state index contributed by atoms with van der Waals surface area (Å²) < 4.78 is 70.5. The Bertz CT molecular complexity index is 1160. The van der Waals surface area contributed by atoms with Gasteiger partial charge in [0.05, 0.1) is 11.3 Å². The Kier molecular flexibility index (Phi) is 8.49. The van der Waals surface area contributed by atoms with Crippen molar-refractivity contribution in [2.75, 3.05) is 11.9 Å². The van der Waals surface area contributed by atoms with Crippen LogP contribution in [0.1, 0.15) is 17.1 Å². The van der Waals surface area contributed by atoms with Gasteiger partial charge >= 0.3 is 18.3 Å². The van der Waals surface area contributed by atoms with Crippen LogP contribution < -0.4 is 5.32 Å². The number of carboxylic acids is 1. The normalized spacial score (nSPS) is 11.1. The van der Waals surface area contributed by atoms with E-state index >= 15 is 0 Å². The summed E-state index contributed by atoms with van der Waals surface area (Å²) in [6, 6.07) is 13.7. The highest BCUT2D eigenvalue weighted by molar-refractivity contribution is 5.73. The molecule has 0 atom stereocenters. The van der Waals surface area contributed by atoms with Gasteiger partial charge in [-0.1, -0.05) is 18.2 Å². The Morgan fingerprint density at radius 2 is 1.74 bits per heavy atom. The fourth-order valence-corrected chi connectivity index (χ4v) is 2.46. The van der Waals surface area contributed by atoms with Gasteiger partial charge in [-0.3, -0.25) is 4.98 Å². The number of carboxylic acid groups (broad SMARTS) is 1. The molecule has 7 nitrogen and oxygen atoms in total. The zero-order valence-corrected chi connectivity index (χ0v) is 17.0. The summed E-state index contributed by atoms with van der Waals surface area (Å²) in [5, 5.41) is 19.3. The maximum absolute atomic E-state index is 12.9. The van der Waals surface area contributed by atoms with Crippen molar-refractivity contribution >= 4 is 11.8 Å². The van der Waals surface area contributed by atoms with Gasteiger partial charge < -0.3 is 10.4 Å².